The van der Waals surface area contributed by atoms with Crippen LogP contribution >= 0.6 is 0 Å². The molecule has 3 rings (SSSR count). The van der Waals surface area contributed by atoms with Crippen LogP contribution < -0.4 is 0 Å². The molecule has 7 atom stereocenters. The van der Waals surface area contributed by atoms with E-state index in [1.165, 1.54) is 13.8 Å². The van der Waals surface area contributed by atoms with Gasteiger partial charge in [-0.15, -0.1) is 0 Å². The van der Waals surface area contributed by atoms with Crippen molar-refractivity contribution in [1.29, 1.82) is 0 Å². The topological polar surface area (TPSA) is 119 Å². The summed E-state index contributed by atoms with van der Waals surface area (Å²) in [6.07, 6.45) is -3.97. The third kappa shape index (κ3) is 3.38. The number of aliphatic hydroxyl groups is 2. The first-order valence-electron chi connectivity index (χ1n) is 9.76. The normalized spacial score (nSPS) is 39.0. The molecule has 1 heterocycles. The van der Waals surface area contributed by atoms with Gasteiger partial charge in [-0.05, 0) is 31.4 Å². The predicted octanol–water partition coefficient (Wildman–Crippen LogP) is 1.05. The van der Waals surface area contributed by atoms with E-state index in [2.05, 4.69) is 6.58 Å². The number of esters is 3. The Hall–Kier alpha value is -2.19. The van der Waals surface area contributed by atoms with Gasteiger partial charge < -0.3 is 24.4 Å². The molecular weight excluding hydrogens is 380 g/mol. The van der Waals surface area contributed by atoms with Crippen LogP contribution in [0.2, 0.25) is 0 Å². The third-order valence-electron chi connectivity index (χ3n) is 6.27. The average Bonchev–Trinajstić information content (AvgIpc) is 3.05. The second-order valence-corrected chi connectivity index (χ2v) is 8.63. The highest BCUT2D eigenvalue weighted by Gasteiger charge is 2.63. The highest BCUT2D eigenvalue weighted by atomic mass is 16.6. The van der Waals surface area contributed by atoms with E-state index < -0.39 is 65.7 Å². The zero-order chi connectivity index (χ0) is 21.8. The van der Waals surface area contributed by atoms with E-state index in [1.807, 2.05) is 0 Å². The van der Waals surface area contributed by atoms with Crippen molar-refractivity contribution in [2.45, 2.75) is 71.1 Å². The van der Waals surface area contributed by atoms with Crippen LogP contribution in [0.15, 0.2) is 23.3 Å². The van der Waals surface area contributed by atoms with Crippen molar-refractivity contribution in [3.8, 4) is 0 Å². The van der Waals surface area contributed by atoms with Crippen LogP contribution in [0.3, 0.4) is 0 Å². The monoisotopic (exact) mass is 408 g/mol. The number of aliphatic hydroxyl groups excluding tert-OH is 1. The van der Waals surface area contributed by atoms with E-state index in [4.69, 9.17) is 14.2 Å². The van der Waals surface area contributed by atoms with Gasteiger partial charge in [0, 0.05) is 18.4 Å². The van der Waals surface area contributed by atoms with E-state index in [-0.39, 0.29) is 12.0 Å². The van der Waals surface area contributed by atoms with Crippen molar-refractivity contribution in [3.63, 3.8) is 0 Å². The van der Waals surface area contributed by atoms with Crippen LogP contribution in [-0.4, -0.2) is 58.1 Å². The molecular formula is C21H28O8. The molecule has 8 heteroatoms. The van der Waals surface area contributed by atoms with Gasteiger partial charge in [0.15, 0.2) is 12.2 Å². The van der Waals surface area contributed by atoms with Crippen molar-refractivity contribution in [2.24, 2.45) is 17.8 Å². The minimum absolute atomic E-state index is 0.0758. The number of ether oxygens (including phenoxy) is 3. The lowest BCUT2D eigenvalue weighted by Gasteiger charge is -2.40. The Morgan fingerprint density at radius 1 is 1.31 bits per heavy atom. The van der Waals surface area contributed by atoms with Crippen LogP contribution in [0.4, 0.5) is 0 Å². The SMILES string of the molecule is C=C1C(=O)OC2C3=C(C)C(O)CC3C(C)(O)C(OC(C)=O)C(OC(=O)C(C)C)C12. The number of hydrogen-bond donors (Lipinski definition) is 2. The number of fused-ring (bicyclic) bond motifs is 3. The lowest BCUT2D eigenvalue weighted by molar-refractivity contribution is -0.198. The van der Waals surface area contributed by atoms with Crippen LogP contribution in [0.1, 0.15) is 41.0 Å². The van der Waals surface area contributed by atoms with Crippen molar-refractivity contribution in [2.75, 3.05) is 0 Å². The van der Waals surface area contributed by atoms with Crippen molar-refractivity contribution in [3.05, 3.63) is 23.3 Å². The number of carbonyl (C=O) groups excluding carboxylic acids is 3. The molecule has 0 aromatic carbocycles. The Morgan fingerprint density at radius 3 is 2.48 bits per heavy atom. The minimum atomic E-state index is -1.68. The fourth-order valence-corrected chi connectivity index (χ4v) is 4.67. The Labute approximate surface area is 169 Å². The third-order valence-corrected chi connectivity index (χ3v) is 6.27. The summed E-state index contributed by atoms with van der Waals surface area (Å²) in [7, 11) is 0. The second kappa shape index (κ2) is 7.25. The summed E-state index contributed by atoms with van der Waals surface area (Å²) < 4.78 is 16.7. The summed E-state index contributed by atoms with van der Waals surface area (Å²) in [4.78, 5) is 36.7. The van der Waals surface area contributed by atoms with E-state index in [9.17, 15) is 24.6 Å². The first kappa shape index (κ1) is 21.5. The summed E-state index contributed by atoms with van der Waals surface area (Å²) in [5, 5.41) is 21.9. The predicted molar refractivity (Wildman–Crippen MR) is 100 cm³/mol. The Kier molecular flexibility index (Phi) is 5.38. The lowest BCUT2D eigenvalue weighted by atomic mass is 9.79. The van der Waals surface area contributed by atoms with Crippen molar-refractivity contribution in [1.82, 2.24) is 0 Å². The number of hydrogen-bond acceptors (Lipinski definition) is 8. The number of carbonyl (C=O) groups is 3. The maximum absolute atomic E-state index is 12.5. The molecule has 3 aliphatic rings. The van der Waals surface area contributed by atoms with Gasteiger partial charge >= 0.3 is 17.9 Å². The molecule has 7 unspecified atom stereocenters. The van der Waals surface area contributed by atoms with Gasteiger partial charge in [-0.2, -0.15) is 0 Å². The quantitative estimate of drug-likeness (QED) is 0.308. The molecule has 1 saturated heterocycles. The number of rotatable bonds is 3. The van der Waals surface area contributed by atoms with E-state index >= 15 is 0 Å². The summed E-state index contributed by atoms with van der Waals surface area (Å²) >= 11 is 0. The summed E-state index contributed by atoms with van der Waals surface area (Å²) in [6.45, 7) is 11.5. The molecule has 0 bridgehead atoms. The molecule has 2 aliphatic carbocycles. The van der Waals surface area contributed by atoms with E-state index in [1.54, 1.807) is 20.8 Å². The molecule has 0 amide bonds. The molecule has 1 saturated carbocycles. The first-order valence-corrected chi connectivity index (χ1v) is 9.76. The molecule has 0 spiro atoms. The molecule has 2 fully saturated rings. The summed E-state index contributed by atoms with van der Waals surface area (Å²) in [5.74, 6) is -3.86. The maximum Gasteiger partial charge on any atom is 0.334 e. The first-order chi connectivity index (χ1) is 13.4. The van der Waals surface area contributed by atoms with E-state index in [0.717, 1.165) is 0 Å². The largest absolute Gasteiger partial charge is 0.457 e. The standard InChI is InChI=1S/C21H28O8/c1-8(2)19(24)29-17-15-10(4)20(25)28-16(15)14-9(3)13(23)7-12(14)21(6,26)18(17)27-11(5)22/h8,12-13,15-18,23,26H,4,7H2,1-3,5-6H3. The fraction of sp³-hybridized carbons (Fsp3) is 0.667. The van der Waals surface area contributed by atoms with Gasteiger partial charge in [0.1, 0.15) is 11.7 Å². The zero-order valence-electron chi connectivity index (χ0n) is 17.3. The van der Waals surface area contributed by atoms with Crippen molar-refractivity contribution < 1.29 is 38.8 Å². The molecule has 0 aromatic heterocycles. The smallest absolute Gasteiger partial charge is 0.334 e. The van der Waals surface area contributed by atoms with Crippen LogP contribution in [-0.2, 0) is 28.6 Å². The molecule has 0 radical (unpaired) electrons. The minimum Gasteiger partial charge on any atom is -0.457 e. The Bertz CT molecular complexity index is 793. The van der Waals surface area contributed by atoms with Gasteiger partial charge in [-0.25, -0.2) is 4.79 Å². The molecule has 29 heavy (non-hydrogen) atoms. The summed E-state index contributed by atoms with van der Waals surface area (Å²) in [5.41, 5.74) is -0.449. The molecule has 8 nitrogen and oxygen atoms in total. The lowest BCUT2D eigenvalue weighted by Crippen LogP contribution is -2.55. The Morgan fingerprint density at radius 2 is 1.93 bits per heavy atom. The molecule has 1 aliphatic heterocycles. The van der Waals surface area contributed by atoms with Gasteiger partial charge in [-0.3, -0.25) is 9.59 Å². The van der Waals surface area contributed by atoms with E-state index in [0.29, 0.717) is 11.1 Å². The van der Waals surface area contributed by atoms with Crippen LogP contribution in [0.25, 0.3) is 0 Å². The van der Waals surface area contributed by atoms with Gasteiger partial charge in [0.25, 0.3) is 0 Å². The van der Waals surface area contributed by atoms with Crippen LogP contribution in [0, 0.1) is 17.8 Å². The summed E-state index contributed by atoms with van der Waals surface area (Å²) in [6, 6.07) is 0. The second-order valence-electron chi connectivity index (χ2n) is 8.63. The molecule has 160 valence electrons. The highest BCUT2D eigenvalue weighted by molar-refractivity contribution is 5.91. The molecule has 0 aromatic rings. The van der Waals surface area contributed by atoms with Crippen molar-refractivity contribution >= 4 is 17.9 Å². The average molecular weight is 408 g/mol. The Balaban J connectivity index is 2.21. The van der Waals surface area contributed by atoms with Crippen LogP contribution in [0.5, 0.6) is 0 Å². The maximum atomic E-state index is 12.5. The zero-order valence-corrected chi connectivity index (χ0v) is 17.3. The van der Waals surface area contributed by atoms with Gasteiger partial charge in [-0.1, -0.05) is 20.4 Å². The van der Waals surface area contributed by atoms with Gasteiger partial charge in [0.2, 0.25) is 0 Å². The fourth-order valence-electron chi connectivity index (χ4n) is 4.67. The highest BCUT2D eigenvalue weighted by Crippen LogP contribution is 2.53. The van der Waals surface area contributed by atoms with Gasteiger partial charge in [0.05, 0.1) is 17.9 Å². The molecule has 2 N–H and O–H groups in total.